The third-order valence-corrected chi connectivity index (χ3v) is 3.47. The average Bonchev–Trinajstić information content (AvgIpc) is 2.53. The fourth-order valence-electron chi connectivity index (χ4n) is 2.00. The molecule has 112 valence electrons. The smallest absolute Gasteiger partial charge is 0.224 e. The van der Waals surface area contributed by atoms with Gasteiger partial charge in [0.15, 0.2) is 5.82 Å². The first kappa shape index (κ1) is 15.6. The SMILES string of the molecule is CCCNc1ncc(Cl)c(N(C)CCc2ccccc2)n1. The molecule has 0 saturated heterocycles. The number of benzene rings is 1. The molecule has 1 N–H and O–H groups in total. The van der Waals surface area contributed by atoms with Crippen molar-refractivity contribution in [3.63, 3.8) is 0 Å². The Kier molecular flexibility index (Phi) is 5.81. The summed E-state index contributed by atoms with van der Waals surface area (Å²) in [7, 11) is 2.00. The normalized spacial score (nSPS) is 10.4. The van der Waals surface area contributed by atoms with Gasteiger partial charge in [-0.15, -0.1) is 0 Å². The predicted molar refractivity (Wildman–Crippen MR) is 89.2 cm³/mol. The highest BCUT2D eigenvalue weighted by Crippen LogP contribution is 2.22. The minimum absolute atomic E-state index is 0.576. The van der Waals surface area contributed by atoms with Crippen LogP contribution in [-0.2, 0) is 6.42 Å². The quantitative estimate of drug-likeness (QED) is 0.848. The maximum atomic E-state index is 6.21. The number of rotatable bonds is 7. The highest BCUT2D eigenvalue weighted by molar-refractivity contribution is 6.32. The van der Waals surface area contributed by atoms with Crippen molar-refractivity contribution in [3.8, 4) is 0 Å². The summed E-state index contributed by atoms with van der Waals surface area (Å²) in [6.45, 7) is 3.82. The lowest BCUT2D eigenvalue weighted by atomic mass is 10.1. The van der Waals surface area contributed by atoms with E-state index in [-0.39, 0.29) is 0 Å². The molecule has 0 amide bonds. The Hall–Kier alpha value is -1.81. The first-order valence-corrected chi connectivity index (χ1v) is 7.60. The molecule has 1 aromatic heterocycles. The van der Waals surface area contributed by atoms with Crippen molar-refractivity contribution in [2.45, 2.75) is 19.8 Å². The molecule has 0 unspecified atom stereocenters. The van der Waals surface area contributed by atoms with E-state index in [0.29, 0.717) is 11.0 Å². The second kappa shape index (κ2) is 7.84. The van der Waals surface area contributed by atoms with Gasteiger partial charge in [-0.2, -0.15) is 4.98 Å². The second-order valence-corrected chi connectivity index (χ2v) is 5.36. The van der Waals surface area contributed by atoms with E-state index in [9.17, 15) is 0 Å². The zero-order valence-electron chi connectivity index (χ0n) is 12.5. The third-order valence-electron chi connectivity index (χ3n) is 3.20. The summed E-state index contributed by atoms with van der Waals surface area (Å²) < 4.78 is 0. The summed E-state index contributed by atoms with van der Waals surface area (Å²) in [5.74, 6) is 1.39. The topological polar surface area (TPSA) is 41.1 Å². The Labute approximate surface area is 131 Å². The molecule has 0 fully saturated rings. The molecule has 0 aliphatic rings. The Morgan fingerprint density at radius 2 is 2.00 bits per heavy atom. The van der Waals surface area contributed by atoms with Crippen molar-refractivity contribution in [2.75, 3.05) is 30.4 Å². The summed E-state index contributed by atoms with van der Waals surface area (Å²) in [5, 5.41) is 3.76. The molecule has 2 aromatic rings. The molecule has 21 heavy (non-hydrogen) atoms. The van der Waals surface area contributed by atoms with Crippen LogP contribution < -0.4 is 10.2 Å². The van der Waals surface area contributed by atoms with Crippen LogP contribution in [0.2, 0.25) is 5.02 Å². The summed E-state index contributed by atoms with van der Waals surface area (Å²) in [5.41, 5.74) is 1.30. The molecule has 0 bridgehead atoms. The Balaban J connectivity index is 2.02. The molecule has 5 heteroatoms. The van der Waals surface area contributed by atoms with Gasteiger partial charge in [0.25, 0.3) is 0 Å². The highest BCUT2D eigenvalue weighted by atomic mass is 35.5. The van der Waals surface area contributed by atoms with E-state index >= 15 is 0 Å². The van der Waals surface area contributed by atoms with E-state index in [1.165, 1.54) is 5.56 Å². The first-order chi connectivity index (χ1) is 10.2. The highest BCUT2D eigenvalue weighted by Gasteiger charge is 2.10. The lowest BCUT2D eigenvalue weighted by molar-refractivity contribution is 0.853. The number of likely N-dealkylation sites (N-methyl/N-ethyl adjacent to an activating group) is 1. The average molecular weight is 305 g/mol. The molecule has 2 rings (SSSR count). The molecular weight excluding hydrogens is 284 g/mol. The summed E-state index contributed by atoms with van der Waals surface area (Å²) in [6.07, 6.45) is 3.64. The van der Waals surface area contributed by atoms with Gasteiger partial charge in [0.2, 0.25) is 5.95 Å². The predicted octanol–water partition coefficient (Wildman–Crippen LogP) is 3.63. The fraction of sp³-hybridized carbons (Fsp3) is 0.375. The molecule has 0 spiro atoms. The monoisotopic (exact) mass is 304 g/mol. The van der Waals surface area contributed by atoms with E-state index in [0.717, 1.165) is 31.7 Å². The van der Waals surface area contributed by atoms with Gasteiger partial charge in [-0.25, -0.2) is 4.98 Å². The minimum atomic E-state index is 0.576. The van der Waals surface area contributed by atoms with Crippen LogP contribution in [0.25, 0.3) is 0 Å². The van der Waals surface area contributed by atoms with Crippen LogP contribution in [-0.4, -0.2) is 30.1 Å². The summed E-state index contributed by atoms with van der Waals surface area (Å²) >= 11 is 6.21. The molecule has 1 aromatic carbocycles. The molecular formula is C16H21ClN4. The number of halogens is 1. The fourth-order valence-corrected chi connectivity index (χ4v) is 2.23. The molecule has 4 nitrogen and oxygen atoms in total. The number of hydrogen-bond donors (Lipinski definition) is 1. The minimum Gasteiger partial charge on any atom is -0.358 e. The van der Waals surface area contributed by atoms with Crippen molar-refractivity contribution in [1.29, 1.82) is 0 Å². The van der Waals surface area contributed by atoms with Gasteiger partial charge >= 0.3 is 0 Å². The van der Waals surface area contributed by atoms with Gasteiger partial charge in [-0.3, -0.25) is 0 Å². The van der Waals surface area contributed by atoms with E-state index in [2.05, 4.69) is 51.4 Å². The second-order valence-electron chi connectivity index (χ2n) is 4.95. The maximum absolute atomic E-state index is 6.21. The van der Waals surface area contributed by atoms with Crippen molar-refractivity contribution in [3.05, 3.63) is 47.1 Å². The standard InChI is InChI=1S/C16H21ClN4/c1-3-10-18-16-19-12-14(17)15(20-16)21(2)11-9-13-7-5-4-6-8-13/h4-8,12H,3,9-11H2,1-2H3,(H,18,19,20). The van der Waals surface area contributed by atoms with Crippen LogP contribution in [0.1, 0.15) is 18.9 Å². The Bertz CT molecular complexity index is 559. The summed E-state index contributed by atoms with van der Waals surface area (Å²) in [6, 6.07) is 10.4. The molecule has 0 atom stereocenters. The van der Waals surface area contributed by atoms with Crippen molar-refractivity contribution < 1.29 is 0 Å². The van der Waals surface area contributed by atoms with Crippen LogP contribution in [0.15, 0.2) is 36.5 Å². The lowest BCUT2D eigenvalue weighted by Crippen LogP contribution is -2.22. The van der Waals surface area contributed by atoms with Crippen LogP contribution >= 0.6 is 11.6 Å². The van der Waals surface area contributed by atoms with Gasteiger partial charge in [-0.05, 0) is 18.4 Å². The van der Waals surface area contributed by atoms with Crippen molar-refractivity contribution in [2.24, 2.45) is 0 Å². The van der Waals surface area contributed by atoms with E-state index in [1.54, 1.807) is 6.20 Å². The van der Waals surface area contributed by atoms with Crippen LogP contribution in [0.4, 0.5) is 11.8 Å². The van der Waals surface area contributed by atoms with Gasteiger partial charge in [0.1, 0.15) is 5.02 Å². The number of aromatic nitrogens is 2. The van der Waals surface area contributed by atoms with Crippen LogP contribution in [0.5, 0.6) is 0 Å². The molecule has 0 radical (unpaired) electrons. The van der Waals surface area contributed by atoms with E-state index in [1.807, 2.05) is 13.1 Å². The Morgan fingerprint density at radius 3 is 2.71 bits per heavy atom. The number of nitrogens with one attached hydrogen (secondary N) is 1. The Morgan fingerprint density at radius 1 is 1.24 bits per heavy atom. The van der Waals surface area contributed by atoms with Gasteiger partial charge in [0, 0.05) is 20.1 Å². The van der Waals surface area contributed by atoms with Gasteiger partial charge in [0.05, 0.1) is 6.20 Å². The molecule has 0 aliphatic heterocycles. The third kappa shape index (κ3) is 4.60. The van der Waals surface area contributed by atoms with Crippen LogP contribution in [0, 0.1) is 0 Å². The molecule has 1 heterocycles. The van der Waals surface area contributed by atoms with E-state index in [4.69, 9.17) is 11.6 Å². The molecule has 0 saturated carbocycles. The lowest BCUT2D eigenvalue weighted by Gasteiger charge is -2.20. The largest absolute Gasteiger partial charge is 0.358 e. The maximum Gasteiger partial charge on any atom is 0.224 e. The van der Waals surface area contributed by atoms with Gasteiger partial charge < -0.3 is 10.2 Å². The number of hydrogen-bond acceptors (Lipinski definition) is 4. The first-order valence-electron chi connectivity index (χ1n) is 7.22. The number of nitrogens with zero attached hydrogens (tertiary/aromatic N) is 3. The number of anilines is 2. The summed E-state index contributed by atoms with van der Waals surface area (Å²) in [4.78, 5) is 10.8. The van der Waals surface area contributed by atoms with E-state index < -0.39 is 0 Å². The molecule has 0 aliphatic carbocycles. The van der Waals surface area contributed by atoms with Crippen molar-refractivity contribution >= 4 is 23.4 Å². The van der Waals surface area contributed by atoms with Crippen LogP contribution in [0.3, 0.4) is 0 Å². The zero-order chi connectivity index (χ0) is 15.1. The zero-order valence-corrected chi connectivity index (χ0v) is 13.3. The van der Waals surface area contributed by atoms with Gasteiger partial charge in [-0.1, -0.05) is 48.9 Å². The van der Waals surface area contributed by atoms with Crippen molar-refractivity contribution in [1.82, 2.24) is 9.97 Å².